The van der Waals surface area contributed by atoms with Gasteiger partial charge in [-0.15, -0.1) is 0 Å². The normalized spacial score (nSPS) is 13.2. The Morgan fingerprint density at radius 3 is 2.72 bits per heavy atom. The van der Waals surface area contributed by atoms with Crippen LogP contribution in [0.4, 0.5) is 8.78 Å². The predicted molar refractivity (Wildman–Crippen MR) is 65.7 cm³/mol. The fourth-order valence-corrected chi connectivity index (χ4v) is 2.03. The van der Waals surface area contributed by atoms with E-state index >= 15 is 0 Å². The first-order chi connectivity index (χ1) is 8.30. The SMILES string of the molecule is CCOC(=O)C(F)(F)C(O)c1ccc(Br)cc1Cl. The molecular weight excluding hydrogens is 333 g/mol. The first kappa shape index (κ1) is 15.3. The summed E-state index contributed by atoms with van der Waals surface area (Å²) < 4.78 is 31.9. The minimum absolute atomic E-state index is 0.0687. The first-order valence-electron chi connectivity index (χ1n) is 4.98. The minimum atomic E-state index is -4.05. The monoisotopic (exact) mass is 342 g/mol. The highest BCUT2D eigenvalue weighted by Crippen LogP contribution is 2.36. The summed E-state index contributed by atoms with van der Waals surface area (Å²) in [6, 6.07) is 4.00. The largest absolute Gasteiger partial charge is 0.461 e. The second-order valence-electron chi connectivity index (χ2n) is 3.41. The Bertz CT molecular complexity index is 454. The molecule has 1 rings (SSSR count). The van der Waals surface area contributed by atoms with Crippen LogP contribution in [0.25, 0.3) is 0 Å². The Hall–Kier alpha value is -0.720. The van der Waals surface area contributed by atoms with Gasteiger partial charge in [0, 0.05) is 15.1 Å². The molecule has 100 valence electrons. The Labute approximate surface area is 116 Å². The van der Waals surface area contributed by atoms with Crippen molar-refractivity contribution in [2.75, 3.05) is 6.61 Å². The number of carbonyl (C=O) groups excluding carboxylic acids is 1. The van der Waals surface area contributed by atoms with Gasteiger partial charge in [-0.1, -0.05) is 33.6 Å². The lowest BCUT2D eigenvalue weighted by Crippen LogP contribution is -2.37. The number of alkyl halides is 2. The van der Waals surface area contributed by atoms with Crippen LogP contribution in [0.5, 0.6) is 0 Å². The molecule has 3 nitrogen and oxygen atoms in total. The molecule has 1 aromatic rings. The molecule has 1 unspecified atom stereocenters. The third-order valence-electron chi connectivity index (χ3n) is 2.15. The third kappa shape index (κ3) is 3.18. The molecule has 0 aliphatic heterocycles. The molecular formula is C11H10BrClF2O3. The number of esters is 1. The molecule has 0 heterocycles. The maximum atomic E-state index is 13.6. The maximum absolute atomic E-state index is 13.6. The van der Waals surface area contributed by atoms with Gasteiger partial charge in [-0.3, -0.25) is 0 Å². The molecule has 0 saturated heterocycles. The van der Waals surface area contributed by atoms with Gasteiger partial charge in [0.25, 0.3) is 0 Å². The van der Waals surface area contributed by atoms with Crippen molar-refractivity contribution < 1.29 is 23.4 Å². The molecule has 0 radical (unpaired) electrons. The van der Waals surface area contributed by atoms with Crippen molar-refractivity contribution in [3.05, 3.63) is 33.3 Å². The molecule has 0 amide bonds. The van der Waals surface area contributed by atoms with E-state index in [4.69, 9.17) is 11.6 Å². The highest BCUT2D eigenvalue weighted by Gasteiger charge is 2.49. The lowest BCUT2D eigenvalue weighted by Gasteiger charge is -2.21. The highest BCUT2D eigenvalue weighted by atomic mass is 79.9. The average molecular weight is 344 g/mol. The first-order valence-corrected chi connectivity index (χ1v) is 6.15. The van der Waals surface area contributed by atoms with Gasteiger partial charge in [0.05, 0.1) is 6.61 Å². The van der Waals surface area contributed by atoms with Crippen LogP contribution in [0.3, 0.4) is 0 Å². The Balaban J connectivity index is 3.05. The summed E-state index contributed by atoms with van der Waals surface area (Å²) in [5.41, 5.74) is -0.238. The summed E-state index contributed by atoms with van der Waals surface area (Å²) in [7, 11) is 0. The molecule has 0 saturated carbocycles. The molecule has 0 bridgehead atoms. The van der Waals surface area contributed by atoms with E-state index in [0.29, 0.717) is 4.47 Å². The number of ether oxygens (including phenoxy) is 1. The van der Waals surface area contributed by atoms with E-state index < -0.39 is 18.0 Å². The van der Waals surface area contributed by atoms with Crippen molar-refractivity contribution in [3.63, 3.8) is 0 Å². The van der Waals surface area contributed by atoms with Gasteiger partial charge in [0.1, 0.15) is 0 Å². The Morgan fingerprint density at radius 2 is 2.22 bits per heavy atom. The van der Waals surface area contributed by atoms with Crippen molar-refractivity contribution in [2.45, 2.75) is 19.0 Å². The fourth-order valence-electron chi connectivity index (χ4n) is 1.26. The van der Waals surface area contributed by atoms with Crippen LogP contribution in [-0.2, 0) is 9.53 Å². The van der Waals surface area contributed by atoms with Crippen molar-refractivity contribution in [1.82, 2.24) is 0 Å². The van der Waals surface area contributed by atoms with E-state index in [1.54, 1.807) is 0 Å². The van der Waals surface area contributed by atoms with E-state index in [1.807, 2.05) is 0 Å². The summed E-state index contributed by atoms with van der Waals surface area (Å²) in [6.07, 6.45) is -2.35. The van der Waals surface area contributed by atoms with Crippen molar-refractivity contribution in [1.29, 1.82) is 0 Å². The van der Waals surface area contributed by atoms with Crippen LogP contribution in [0.1, 0.15) is 18.6 Å². The molecule has 1 aromatic carbocycles. The lowest BCUT2D eigenvalue weighted by atomic mass is 10.0. The maximum Gasteiger partial charge on any atom is 0.380 e. The van der Waals surface area contributed by atoms with Gasteiger partial charge >= 0.3 is 11.9 Å². The second-order valence-corrected chi connectivity index (χ2v) is 4.73. The molecule has 0 aliphatic carbocycles. The van der Waals surface area contributed by atoms with E-state index in [1.165, 1.54) is 25.1 Å². The number of aliphatic hydroxyl groups is 1. The molecule has 0 fully saturated rings. The van der Waals surface area contributed by atoms with E-state index in [9.17, 15) is 18.7 Å². The average Bonchev–Trinajstić information content (AvgIpc) is 2.28. The minimum Gasteiger partial charge on any atom is -0.461 e. The molecule has 0 aromatic heterocycles. The van der Waals surface area contributed by atoms with Crippen molar-refractivity contribution in [2.24, 2.45) is 0 Å². The quantitative estimate of drug-likeness (QED) is 0.853. The van der Waals surface area contributed by atoms with Crippen LogP contribution in [-0.4, -0.2) is 23.6 Å². The second kappa shape index (κ2) is 5.95. The highest BCUT2D eigenvalue weighted by molar-refractivity contribution is 9.10. The fraction of sp³-hybridized carbons (Fsp3) is 0.364. The van der Waals surface area contributed by atoms with Gasteiger partial charge in [0.15, 0.2) is 6.10 Å². The standard InChI is InChI=1S/C11H10BrClF2O3/c1-2-18-10(17)11(14,15)9(16)7-4-3-6(12)5-8(7)13/h3-5,9,16H,2H2,1H3. The molecule has 1 N–H and O–H groups in total. The van der Waals surface area contributed by atoms with Gasteiger partial charge in [0.2, 0.25) is 0 Å². The number of rotatable bonds is 4. The summed E-state index contributed by atoms with van der Waals surface area (Å²) in [4.78, 5) is 11.1. The Kier molecular flexibility index (Phi) is 5.07. The summed E-state index contributed by atoms with van der Waals surface area (Å²) in [6.45, 7) is 1.20. The van der Waals surface area contributed by atoms with Crippen LogP contribution in [0, 0.1) is 0 Å². The van der Waals surface area contributed by atoms with Gasteiger partial charge in [-0.25, -0.2) is 4.79 Å². The predicted octanol–water partition coefficient (Wildman–Crippen LogP) is 3.33. The molecule has 0 aliphatic rings. The van der Waals surface area contributed by atoms with Crippen LogP contribution in [0.2, 0.25) is 5.02 Å². The molecule has 18 heavy (non-hydrogen) atoms. The number of hydrogen-bond acceptors (Lipinski definition) is 3. The number of benzene rings is 1. The number of halogens is 4. The van der Waals surface area contributed by atoms with Crippen molar-refractivity contribution >= 4 is 33.5 Å². The zero-order valence-electron chi connectivity index (χ0n) is 9.29. The zero-order valence-corrected chi connectivity index (χ0v) is 11.6. The number of aliphatic hydroxyl groups excluding tert-OH is 1. The third-order valence-corrected chi connectivity index (χ3v) is 2.97. The smallest absolute Gasteiger partial charge is 0.380 e. The molecule has 0 spiro atoms. The summed E-state index contributed by atoms with van der Waals surface area (Å²) in [5.74, 6) is -5.83. The Morgan fingerprint density at radius 1 is 1.61 bits per heavy atom. The molecule has 1 atom stereocenters. The van der Waals surface area contributed by atoms with Gasteiger partial charge in [-0.05, 0) is 19.1 Å². The number of carbonyl (C=O) groups is 1. The number of hydrogen-bond donors (Lipinski definition) is 1. The molecule has 7 heteroatoms. The van der Waals surface area contributed by atoms with E-state index in [-0.39, 0.29) is 17.2 Å². The van der Waals surface area contributed by atoms with Crippen LogP contribution < -0.4 is 0 Å². The summed E-state index contributed by atoms with van der Waals surface area (Å²) in [5, 5.41) is 9.50. The van der Waals surface area contributed by atoms with Crippen LogP contribution >= 0.6 is 27.5 Å². The van der Waals surface area contributed by atoms with Gasteiger partial charge in [-0.2, -0.15) is 8.78 Å². The topological polar surface area (TPSA) is 46.5 Å². The zero-order chi connectivity index (χ0) is 13.9. The summed E-state index contributed by atoms with van der Waals surface area (Å²) >= 11 is 8.84. The van der Waals surface area contributed by atoms with Gasteiger partial charge < -0.3 is 9.84 Å². The van der Waals surface area contributed by atoms with E-state index in [2.05, 4.69) is 20.7 Å². The van der Waals surface area contributed by atoms with Crippen molar-refractivity contribution in [3.8, 4) is 0 Å². The lowest BCUT2D eigenvalue weighted by molar-refractivity contribution is -0.189. The van der Waals surface area contributed by atoms with Crippen LogP contribution in [0.15, 0.2) is 22.7 Å². The van der Waals surface area contributed by atoms with E-state index in [0.717, 1.165) is 0 Å².